The van der Waals surface area contributed by atoms with Gasteiger partial charge in [-0.05, 0) is 25.1 Å². The van der Waals surface area contributed by atoms with E-state index in [1.165, 1.54) is 12.1 Å². The summed E-state index contributed by atoms with van der Waals surface area (Å²) in [6.07, 6.45) is 0. The third-order valence-electron chi connectivity index (χ3n) is 2.78. The Morgan fingerprint density at radius 2 is 2.00 bits per heavy atom. The Morgan fingerprint density at radius 1 is 1.35 bits per heavy atom. The van der Waals surface area contributed by atoms with Gasteiger partial charge in [0.15, 0.2) is 0 Å². The number of fused-ring (bicyclic) bond motifs is 1. The van der Waals surface area contributed by atoms with Crippen LogP contribution in [0.3, 0.4) is 0 Å². The van der Waals surface area contributed by atoms with E-state index in [4.69, 9.17) is 10.7 Å². The van der Waals surface area contributed by atoms with Crippen LogP contribution in [0, 0.1) is 12.7 Å². The maximum absolute atomic E-state index is 13.7. The highest BCUT2D eigenvalue weighted by atomic mass is 35.7. The van der Waals surface area contributed by atoms with Crippen LogP contribution in [0.2, 0.25) is 0 Å². The van der Waals surface area contributed by atoms with Gasteiger partial charge in [-0.1, -0.05) is 0 Å². The summed E-state index contributed by atoms with van der Waals surface area (Å²) in [5, 5.41) is 0.748. The van der Waals surface area contributed by atoms with Crippen molar-refractivity contribution in [2.45, 2.75) is 12.7 Å². The molecular formula is C11H11ClFNO2S. The first-order chi connectivity index (χ1) is 7.78. The molecule has 0 aliphatic carbocycles. The highest BCUT2D eigenvalue weighted by Crippen LogP contribution is 2.24. The van der Waals surface area contributed by atoms with Gasteiger partial charge in [-0.15, -0.1) is 0 Å². The smallest absolute Gasteiger partial charge is 0.236 e. The molecule has 92 valence electrons. The lowest BCUT2D eigenvalue weighted by atomic mass is 10.2. The van der Waals surface area contributed by atoms with E-state index in [1.807, 2.05) is 24.6 Å². The molecule has 0 saturated carbocycles. The first-order valence-corrected chi connectivity index (χ1v) is 7.42. The Balaban J connectivity index is 2.65. The second-order valence-electron chi connectivity index (χ2n) is 4.03. The van der Waals surface area contributed by atoms with Gasteiger partial charge in [0.1, 0.15) is 5.82 Å². The molecule has 0 amide bonds. The van der Waals surface area contributed by atoms with E-state index in [-0.39, 0.29) is 5.56 Å². The van der Waals surface area contributed by atoms with E-state index in [0.29, 0.717) is 0 Å². The zero-order valence-corrected chi connectivity index (χ0v) is 10.9. The van der Waals surface area contributed by atoms with Crippen molar-refractivity contribution in [2.75, 3.05) is 0 Å². The van der Waals surface area contributed by atoms with Gasteiger partial charge in [-0.2, -0.15) is 0 Å². The van der Waals surface area contributed by atoms with E-state index in [2.05, 4.69) is 0 Å². The van der Waals surface area contributed by atoms with Crippen LogP contribution in [-0.2, 0) is 21.9 Å². The predicted molar refractivity (Wildman–Crippen MR) is 66.1 cm³/mol. The lowest BCUT2D eigenvalue weighted by Crippen LogP contribution is -1.99. The standard InChI is InChI=1S/C11H11ClFNO2S/c1-7-3-8-4-10(13)9(6-17(12,15)16)5-11(8)14(7)2/h3-5H,6H2,1-2H3. The largest absolute Gasteiger partial charge is 0.348 e. The summed E-state index contributed by atoms with van der Waals surface area (Å²) in [4.78, 5) is 0. The van der Waals surface area contributed by atoms with Crippen LogP contribution in [0.25, 0.3) is 10.9 Å². The molecule has 0 radical (unpaired) electrons. The Labute approximate surface area is 103 Å². The van der Waals surface area contributed by atoms with Crippen molar-refractivity contribution in [3.63, 3.8) is 0 Å². The highest BCUT2D eigenvalue weighted by molar-refractivity contribution is 8.13. The topological polar surface area (TPSA) is 39.1 Å². The van der Waals surface area contributed by atoms with Gasteiger partial charge in [0, 0.05) is 39.9 Å². The molecular weight excluding hydrogens is 265 g/mol. The van der Waals surface area contributed by atoms with E-state index in [1.54, 1.807) is 0 Å². The number of rotatable bonds is 2. The highest BCUT2D eigenvalue weighted by Gasteiger charge is 2.14. The number of benzene rings is 1. The lowest BCUT2D eigenvalue weighted by molar-refractivity contribution is 0.598. The molecule has 2 aromatic rings. The van der Waals surface area contributed by atoms with Crippen molar-refractivity contribution >= 4 is 30.6 Å². The monoisotopic (exact) mass is 275 g/mol. The molecule has 6 heteroatoms. The van der Waals surface area contributed by atoms with Crippen LogP contribution < -0.4 is 0 Å². The van der Waals surface area contributed by atoms with Gasteiger partial charge in [-0.25, -0.2) is 12.8 Å². The zero-order valence-electron chi connectivity index (χ0n) is 9.37. The number of nitrogens with zero attached hydrogens (tertiary/aromatic N) is 1. The molecule has 17 heavy (non-hydrogen) atoms. The van der Waals surface area contributed by atoms with Crippen molar-refractivity contribution in [3.05, 3.63) is 35.3 Å². The minimum atomic E-state index is -3.75. The van der Waals surface area contributed by atoms with Crippen molar-refractivity contribution < 1.29 is 12.8 Å². The second-order valence-corrected chi connectivity index (χ2v) is 6.81. The normalized spacial score (nSPS) is 12.2. The van der Waals surface area contributed by atoms with Gasteiger partial charge in [0.05, 0.1) is 5.75 Å². The Bertz CT molecular complexity index is 691. The maximum atomic E-state index is 13.7. The summed E-state index contributed by atoms with van der Waals surface area (Å²) in [6, 6.07) is 4.70. The molecule has 0 aliphatic heterocycles. The quantitative estimate of drug-likeness (QED) is 0.791. The Hall–Kier alpha value is -1.07. The van der Waals surface area contributed by atoms with Gasteiger partial charge in [-0.3, -0.25) is 0 Å². The maximum Gasteiger partial charge on any atom is 0.236 e. The number of aryl methyl sites for hydroxylation is 2. The van der Waals surface area contributed by atoms with Crippen molar-refractivity contribution in [1.29, 1.82) is 0 Å². The first-order valence-electron chi connectivity index (χ1n) is 4.95. The average molecular weight is 276 g/mol. The van der Waals surface area contributed by atoms with Crippen LogP contribution in [0.15, 0.2) is 18.2 Å². The van der Waals surface area contributed by atoms with Crippen LogP contribution in [0.1, 0.15) is 11.3 Å². The fourth-order valence-corrected chi connectivity index (χ4v) is 2.78. The Morgan fingerprint density at radius 3 is 2.59 bits per heavy atom. The van der Waals surface area contributed by atoms with Gasteiger partial charge in [0.2, 0.25) is 9.05 Å². The van der Waals surface area contributed by atoms with Crippen molar-refractivity contribution in [1.82, 2.24) is 4.57 Å². The second kappa shape index (κ2) is 3.99. The van der Waals surface area contributed by atoms with E-state index in [9.17, 15) is 12.8 Å². The number of halogens is 2. The van der Waals surface area contributed by atoms with E-state index in [0.717, 1.165) is 16.6 Å². The van der Waals surface area contributed by atoms with E-state index < -0.39 is 20.6 Å². The molecule has 0 N–H and O–H groups in total. The molecule has 0 saturated heterocycles. The summed E-state index contributed by atoms with van der Waals surface area (Å²) < 4.78 is 37.5. The predicted octanol–water partition coefficient (Wildman–Crippen LogP) is 2.69. The fraction of sp³-hybridized carbons (Fsp3) is 0.273. The molecule has 0 unspecified atom stereocenters. The molecule has 0 fully saturated rings. The molecule has 1 aromatic carbocycles. The van der Waals surface area contributed by atoms with Crippen LogP contribution in [-0.4, -0.2) is 13.0 Å². The lowest BCUT2D eigenvalue weighted by Gasteiger charge is -2.03. The van der Waals surface area contributed by atoms with Gasteiger partial charge < -0.3 is 4.57 Å². The number of hydrogen-bond donors (Lipinski definition) is 0. The van der Waals surface area contributed by atoms with Crippen LogP contribution in [0.5, 0.6) is 0 Å². The van der Waals surface area contributed by atoms with Gasteiger partial charge >= 0.3 is 0 Å². The average Bonchev–Trinajstić information content (AvgIpc) is 2.42. The van der Waals surface area contributed by atoms with Crippen LogP contribution >= 0.6 is 10.7 Å². The minimum absolute atomic E-state index is 0.0914. The first kappa shape index (κ1) is 12.4. The number of aromatic nitrogens is 1. The molecule has 1 aromatic heterocycles. The molecule has 3 nitrogen and oxygen atoms in total. The SMILES string of the molecule is Cc1cc2cc(F)c(CS(=O)(=O)Cl)cc2n1C. The molecule has 0 aliphatic rings. The fourth-order valence-electron chi connectivity index (χ4n) is 1.83. The number of hydrogen-bond acceptors (Lipinski definition) is 2. The van der Waals surface area contributed by atoms with E-state index >= 15 is 0 Å². The molecule has 0 bridgehead atoms. The zero-order chi connectivity index (χ0) is 12.8. The summed E-state index contributed by atoms with van der Waals surface area (Å²) in [6.45, 7) is 1.90. The van der Waals surface area contributed by atoms with Crippen LogP contribution in [0.4, 0.5) is 4.39 Å². The third kappa shape index (κ3) is 2.45. The summed E-state index contributed by atoms with van der Waals surface area (Å²) >= 11 is 0. The van der Waals surface area contributed by atoms with Crippen molar-refractivity contribution in [2.24, 2.45) is 7.05 Å². The summed E-state index contributed by atoms with van der Waals surface area (Å²) in [5.74, 6) is -1.05. The third-order valence-corrected chi connectivity index (χ3v) is 3.76. The molecule has 0 spiro atoms. The summed E-state index contributed by atoms with van der Waals surface area (Å²) in [7, 11) is 3.22. The molecule has 2 rings (SSSR count). The van der Waals surface area contributed by atoms with Gasteiger partial charge in [0.25, 0.3) is 0 Å². The molecule has 1 heterocycles. The van der Waals surface area contributed by atoms with Crippen molar-refractivity contribution in [3.8, 4) is 0 Å². The minimum Gasteiger partial charge on any atom is -0.348 e. The Kier molecular flexibility index (Phi) is 2.91. The molecule has 0 atom stereocenters. The summed E-state index contributed by atoms with van der Waals surface area (Å²) in [5.41, 5.74) is 1.86.